The van der Waals surface area contributed by atoms with Crippen LogP contribution in [-0.4, -0.2) is 37.5 Å². The molecular formula is C14H15F2N5O2. The van der Waals surface area contributed by atoms with Crippen molar-refractivity contribution in [1.29, 1.82) is 0 Å². The maximum Gasteiger partial charge on any atom is 0.280 e. The van der Waals surface area contributed by atoms with Gasteiger partial charge in [0.05, 0.1) is 6.04 Å². The van der Waals surface area contributed by atoms with E-state index in [1.165, 1.54) is 0 Å². The van der Waals surface area contributed by atoms with Crippen LogP contribution in [0.1, 0.15) is 60.1 Å². The van der Waals surface area contributed by atoms with E-state index in [0.717, 1.165) is 18.8 Å². The number of halogens is 2. The first-order valence-electron chi connectivity index (χ1n) is 7.33. The van der Waals surface area contributed by atoms with Gasteiger partial charge < -0.3 is 9.42 Å². The Kier molecular flexibility index (Phi) is 4.26. The summed E-state index contributed by atoms with van der Waals surface area (Å²) in [5.41, 5.74) is -0.520. The number of carbonyl (C=O) groups excluding carboxylic acids is 1. The molecule has 1 unspecified atom stereocenters. The van der Waals surface area contributed by atoms with Crippen LogP contribution in [0.3, 0.4) is 0 Å². The lowest BCUT2D eigenvalue weighted by Crippen LogP contribution is -2.32. The molecule has 0 radical (unpaired) electrons. The molecule has 1 saturated heterocycles. The number of aromatic nitrogens is 4. The van der Waals surface area contributed by atoms with Crippen molar-refractivity contribution in [3.8, 4) is 0 Å². The number of alkyl halides is 2. The highest BCUT2D eigenvalue weighted by molar-refractivity contribution is 5.92. The van der Waals surface area contributed by atoms with Crippen LogP contribution < -0.4 is 0 Å². The van der Waals surface area contributed by atoms with Crippen LogP contribution in [-0.2, 0) is 6.42 Å². The highest BCUT2D eigenvalue weighted by Gasteiger charge is 2.34. The van der Waals surface area contributed by atoms with Crippen LogP contribution in [0.4, 0.5) is 8.78 Å². The largest absolute Gasteiger partial charge is 0.339 e. The number of hydrogen-bond acceptors (Lipinski definition) is 6. The fraction of sp³-hybridized carbons (Fsp3) is 0.500. The number of likely N-dealkylation sites (tertiary alicyclic amines) is 1. The molecule has 7 nitrogen and oxygen atoms in total. The molecule has 0 N–H and O–H groups in total. The highest BCUT2D eigenvalue weighted by atomic mass is 19.3. The summed E-state index contributed by atoms with van der Waals surface area (Å²) in [6, 6.07) is 0.701. The predicted molar refractivity (Wildman–Crippen MR) is 73.7 cm³/mol. The van der Waals surface area contributed by atoms with E-state index in [1.807, 2.05) is 6.92 Å². The minimum atomic E-state index is -2.75. The fourth-order valence-electron chi connectivity index (χ4n) is 2.58. The molecule has 2 aromatic rings. The molecule has 1 atom stereocenters. The van der Waals surface area contributed by atoms with Crippen molar-refractivity contribution < 1.29 is 18.1 Å². The molecule has 0 aromatic carbocycles. The lowest BCUT2D eigenvalue weighted by atomic mass is 10.2. The topological polar surface area (TPSA) is 85.0 Å². The molecule has 1 amide bonds. The molecule has 9 heteroatoms. The zero-order chi connectivity index (χ0) is 16.4. The Morgan fingerprint density at radius 3 is 3.00 bits per heavy atom. The van der Waals surface area contributed by atoms with Crippen molar-refractivity contribution in [2.75, 3.05) is 6.54 Å². The summed E-state index contributed by atoms with van der Waals surface area (Å²) < 4.78 is 30.5. The van der Waals surface area contributed by atoms with E-state index in [2.05, 4.69) is 20.1 Å². The van der Waals surface area contributed by atoms with Gasteiger partial charge in [-0.2, -0.15) is 4.98 Å². The van der Waals surface area contributed by atoms with Gasteiger partial charge in [-0.25, -0.2) is 18.7 Å². The second kappa shape index (κ2) is 6.35. The van der Waals surface area contributed by atoms with Gasteiger partial charge in [0.1, 0.15) is 17.7 Å². The first-order chi connectivity index (χ1) is 11.1. The summed E-state index contributed by atoms with van der Waals surface area (Å²) in [6.45, 7) is 2.38. The Bertz CT molecular complexity index is 706. The lowest BCUT2D eigenvalue weighted by Gasteiger charge is -2.21. The molecule has 1 aliphatic rings. The zero-order valence-electron chi connectivity index (χ0n) is 12.4. The summed E-state index contributed by atoms with van der Waals surface area (Å²) in [4.78, 5) is 25.7. The van der Waals surface area contributed by atoms with Crippen LogP contribution in [0.15, 0.2) is 16.9 Å². The maximum absolute atomic E-state index is 12.7. The molecule has 0 aliphatic carbocycles. The van der Waals surface area contributed by atoms with Gasteiger partial charge in [0.2, 0.25) is 5.89 Å². The number of aryl methyl sites for hydroxylation is 1. The number of amides is 1. The summed E-state index contributed by atoms with van der Waals surface area (Å²) in [7, 11) is 0. The normalized spacial score (nSPS) is 17.9. The Labute approximate surface area is 130 Å². The molecule has 1 fully saturated rings. The van der Waals surface area contributed by atoms with E-state index in [-0.39, 0.29) is 11.7 Å². The van der Waals surface area contributed by atoms with Gasteiger partial charge in [-0.1, -0.05) is 12.1 Å². The van der Waals surface area contributed by atoms with Crippen LogP contribution in [0.2, 0.25) is 0 Å². The van der Waals surface area contributed by atoms with Gasteiger partial charge in [-0.15, -0.1) is 0 Å². The van der Waals surface area contributed by atoms with E-state index in [1.54, 1.807) is 4.90 Å². The van der Waals surface area contributed by atoms with E-state index in [9.17, 15) is 13.6 Å². The van der Waals surface area contributed by atoms with Crippen molar-refractivity contribution in [2.24, 2.45) is 0 Å². The predicted octanol–water partition coefficient (Wildman–Crippen LogP) is 2.34. The number of nitrogens with zero attached hydrogens (tertiary/aromatic N) is 5. The van der Waals surface area contributed by atoms with Crippen molar-refractivity contribution >= 4 is 5.91 Å². The third kappa shape index (κ3) is 3.03. The third-order valence-corrected chi connectivity index (χ3v) is 3.73. The smallest absolute Gasteiger partial charge is 0.280 e. The minimum Gasteiger partial charge on any atom is -0.339 e. The molecule has 0 bridgehead atoms. The molecule has 2 aromatic heterocycles. The average Bonchev–Trinajstić information content (AvgIpc) is 3.22. The van der Waals surface area contributed by atoms with Gasteiger partial charge in [-0.05, 0) is 18.9 Å². The van der Waals surface area contributed by atoms with Crippen LogP contribution in [0.5, 0.6) is 0 Å². The highest BCUT2D eigenvalue weighted by Crippen LogP contribution is 2.31. The van der Waals surface area contributed by atoms with E-state index in [0.29, 0.717) is 31.1 Å². The monoisotopic (exact) mass is 323 g/mol. The van der Waals surface area contributed by atoms with Crippen molar-refractivity contribution in [3.05, 3.63) is 35.5 Å². The summed E-state index contributed by atoms with van der Waals surface area (Å²) in [5.74, 6) is 0.511. The molecule has 0 saturated carbocycles. The van der Waals surface area contributed by atoms with Crippen molar-refractivity contribution in [1.82, 2.24) is 25.0 Å². The molecule has 0 spiro atoms. The van der Waals surface area contributed by atoms with Gasteiger partial charge >= 0.3 is 0 Å². The molecule has 23 heavy (non-hydrogen) atoms. The van der Waals surface area contributed by atoms with Gasteiger partial charge in [0.25, 0.3) is 12.3 Å². The quantitative estimate of drug-likeness (QED) is 0.858. The first kappa shape index (κ1) is 15.4. The lowest BCUT2D eigenvalue weighted by molar-refractivity contribution is 0.0721. The second-order valence-electron chi connectivity index (χ2n) is 5.19. The summed E-state index contributed by atoms with van der Waals surface area (Å²) in [6.07, 6.45) is 0.310. The Hall–Kier alpha value is -2.45. The van der Waals surface area contributed by atoms with E-state index >= 15 is 0 Å². The molecule has 122 valence electrons. The Morgan fingerprint density at radius 1 is 1.48 bits per heavy atom. The molecule has 3 heterocycles. The van der Waals surface area contributed by atoms with Crippen molar-refractivity contribution in [2.45, 2.75) is 38.7 Å². The zero-order valence-corrected chi connectivity index (χ0v) is 12.4. The van der Waals surface area contributed by atoms with Gasteiger partial charge in [0, 0.05) is 13.0 Å². The van der Waals surface area contributed by atoms with Crippen molar-refractivity contribution in [3.63, 3.8) is 0 Å². The summed E-state index contributed by atoms with van der Waals surface area (Å²) in [5, 5.41) is 3.91. The Balaban J connectivity index is 1.84. The minimum absolute atomic E-state index is 0.0543. The molecule has 3 rings (SSSR count). The molecule has 1 aliphatic heterocycles. The van der Waals surface area contributed by atoms with E-state index in [4.69, 9.17) is 4.52 Å². The summed E-state index contributed by atoms with van der Waals surface area (Å²) >= 11 is 0. The number of carbonyl (C=O) groups is 1. The number of rotatable bonds is 4. The van der Waals surface area contributed by atoms with Gasteiger partial charge in [-0.3, -0.25) is 4.79 Å². The first-order valence-corrected chi connectivity index (χ1v) is 7.33. The third-order valence-electron chi connectivity index (χ3n) is 3.73. The van der Waals surface area contributed by atoms with Crippen LogP contribution in [0.25, 0.3) is 0 Å². The van der Waals surface area contributed by atoms with Gasteiger partial charge in [0.15, 0.2) is 5.82 Å². The van der Waals surface area contributed by atoms with Crippen LogP contribution in [0, 0.1) is 0 Å². The average molecular weight is 323 g/mol. The Morgan fingerprint density at radius 2 is 2.30 bits per heavy atom. The maximum atomic E-state index is 12.7. The fourth-order valence-corrected chi connectivity index (χ4v) is 2.58. The number of hydrogen-bond donors (Lipinski definition) is 0. The standard InChI is InChI=1S/C14H15F2N5O2/c1-2-11-19-13(20-23-11)10-4-3-5-21(10)14(22)9-6-8(12(15)16)17-7-18-9/h6-7,10,12H,2-5H2,1H3. The SMILES string of the molecule is CCc1nc(C2CCCN2C(=O)c2cc(C(F)F)ncn2)no1. The van der Waals surface area contributed by atoms with Crippen LogP contribution >= 0.6 is 0 Å². The van der Waals surface area contributed by atoms with E-state index < -0.39 is 18.0 Å². The second-order valence-corrected chi connectivity index (χ2v) is 5.19. The molecular weight excluding hydrogens is 308 g/mol.